The summed E-state index contributed by atoms with van der Waals surface area (Å²) in [5.74, 6) is -0.322. The molecule has 0 bridgehead atoms. The Morgan fingerprint density at radius 2 is 1.86 bits per heavy atom. The lowest BCUT2D eigenvalue weighted by molar-refractivity contribution is -0.132. The molecule has 2 nitrogen and oxygen atoms in total. The van der Waals surface area contributed by atoms with Gasteiger partial charge in [0.1, 0.15) is 0 Å². The average Bonchev–Trinajstić information content (AvgIpc) is 2.16. The lowest BCUT2D eigenvalue weighted by Crippen LogP contribution is -2.11. The summed E-state index contributed by atoms with van der Waals surface area (Å²) in [6, 6.07) is 0. The summed E-state index contributed by atoms with van der Waals surface area (Å²) in [6.45, 7) is 3.42. The van der Waals surface area contributed by atoms with Gasteiger partial charge in [-0.05, 0) is 12.8 Å². The van der Waals surface area contributed by atoms with E-state index < -0.39 is 11.3 Å². The summed E-state index contributed by atoms with van der Waals surface area (Å²) in [4.78, 5) is 10.5. The largest absolute Gasteiger partial charge is 0.478 e. The molecule has 0 spiro atoms. The summed E-state index contributed by atoms with van der Waals surface area (Å²) < 4.78 is 0. The van der Waals surface area contributed by atoms with Crippen molar-refractivity contribution >= 4 is 29.2 Å². The third-order valence-electron chi connectivity index (χ3n) is 1.99. The first-order valence-corrected chi connectivity index (χ1v) is 5.68. The molecule has 4 heteroatoms. The first-order chi connectivity index (χ1) is 6.59. The normalized spacial score (nSPS) is 12.4. The van der Waals surface area contributed by atoms with Gasteiger partial charge in [-0.3, -0.25) is 0 Å². The number of carboxylic acid groups (broad SMARTS) is 1. The van der Waals surface area contributed by atoms with Gasteiger partial charge in [-0.1, -0.05) is 25.8 Å². The second-order valence-corrected chi connectivity index (χ2v) is 4.09. The zero-order chi connectivity index (χ0) is 11.0. The number of halogens is 2. The van der Waals surface area contributed by atoms with Crippen molar-refractivity contribution in [3.8, 4) is 0 Å². The van der Waals surface area contributed by atoms with Gasteiger partial charge >= 0.3 is 5.97 Å². The Morgan fingerprint density at radius 3 is 2.36 bits per heavy atom. The first-order valence-electron chi connectivity index (χ1n) is 4.71. The van der Waals surface area contributed by atoms with Crippen molar-refractivity contribution in [3.63, 3.8) is 0 Å². The fourth-order valence-electron chi connectivity index (χ4n) is 1.08. The topological polar surface area (TPSA) is 37.3 Å². The zero-order valence-electron chi connectivity index (χ0n) is 8.14. The minimum Gasteiger partial charge on any atom is -0.478 e. The Labute approximate surface area is 94.9 Å². The van der Waals surface area contributed by atoms with Crippen molar-refractivity contribution in [2.75, 3.05) is 5.88 Å². The van der Waals surface area contributed by atoms with Crippen molar-refractivity contribution in [2.24, 2.45) is 0 Å². The number of hydrogen-bond donors (Lipinski definition) is 1. The van der Waals surface area contributed by atoms with E-state index in [1.54, 1.807) is 0 Å². The third-order valence-corrected chi connectivity index (χ3v) is 2.74. The van der Waals surface area contributed by atoms with Crippen molar-refractivity contribution in [1.29, 1.82) is 0 Å². The van der Waals surface area contributed by atoms with Crippen molar-refractivity contribution in [3.05, 3.63) is 12.2 Å². The molecule has 14 heavy (non-hydrogen) atoms. The molecule has 0 aliphatic carbocycles. The Hall–Kier alpha value is -0.210. The van der Waals surface area contributed by atoms with E-state index >= 15 is 0 Å². The minimum atomic E-state index is -1.01. The summed E-state index contributed by atoms with van der Waals surface area (Å²) in [7, 11) is 0. The highest BCUT2D eigenvalue weighted by Gasteiger charge is 2.14. The molecule has 1 N–H and O–H groups in total. The molecule has 0 rings (SSSR count). The van der Waals surface area contributed by atoms with Crippen LogP contribution in [0.2, 0.25) is 0 Å². The highest BCUT2D eigenvalue weighted by molar-refractivity contribution is 6.25. The van der Waals surface area contributed by atoms with Crippen LogP contribution in [0.4, 0.5) is 0 Å². The second kappa shape index (κ2) is 8.13. The zero-order valence-corrected chi connectivity index (χ0v) is 9.65. The fraction of sp³-hybridized carbons (Fsp3) is 0.700. The van der Waals surface area contributed by atoms with Crippen LogP contribution in [0.5, 0.6) is 0 Å². The molecule has 1 unspecified atom stereocenters. The molecular weight excluding hydrogens is 223 g/mol. The van der Waals surface area contributed by atoms with Crippen molar-refractivity contribution in [2.45, 2.75) is 37.5 Å². The first kappa shape index (κ1) is 13.8. The lowest BCUT2D eigenvalue weighted by atomic mass is 10.1. The van der Waals surface area contributed by atoms with Gasteiger partial charge in [-0.15, -0.1) is 23.2 Å². The van der Waals surface area contributed by atoms with Crippen LogP contribution in [-0.2, 0) is 4.79 Å². The number of alkyl halides is 2. The fourth-order valence-corrected chi connectivity index (χ4v) is 1.52. The number of unbranched alkanes of at least 4 members (excludes halogenated alkanes) is 3. The molecule has 0 aromatic carbocycles. The molecule has 0 amide bonds. The van der Waals surface area contributed by atoms with E-state index in [1.165, 1.54) is 0 Å². The predicted molar refractivity (Wildman–Crippen MR) is 60.2 cm³/mol. The smallest absolute Gasteiger partial charge is 0.332 e. The maximum absolute atomic E-state index is 10.5. The van der Waals surface area contributed by atoms with Crippen LogP contribution in [0.3, 0.4) is 0 Å². The molecular formula is C10H16Cl2O2. The van der Waals surface area contributed by atoms with Gasteiger partial charge in [0.25, 0.3) is 0 Å². The van der Waals surface area contributed by atoms with Crippen LogP contribution in [0.1, 0.15) is 32.1 Å². The molecule has 0 aromatic rings. The summed E-state index contributed by atoms with van der Waals surface area (Å²) in [6.07, 6.45) is 4.73. The summed E-state index contributed by atoms with van der Waals surface area (Å²) in [5, 5.41) is 8.15. The monoisotopic (exact) mass is 238 g/mol. The molecule has 0 saturated heterocycles. The number of rotatable bonds is 8. The van der Waals surface area contributed by atoms with Crippen LogP contribution >= 0.6 is 23.2 Å². The van der Waals surface area contributed by atoms with Gasteiger partial charge in [-0.2, -0.15) is 0 Å². The third kappa shape index (κ3) is 6.28. The summed E-state index contributed by atoms with van der Waals surface area (Å²) >= 11 is 11.3. The van der Waals surface area contributed by atoms with Crippen molar-refractivity contribution < 1.29 is 9.90 Å². The highest BCUT2D eigenvalue weighted by atomic mass is 35.5. The van der Waals surface area contributed by atoms with Gasteiger partial charge in [0.2, 0.25) is 0 Å². The van der Waals surface area contributed by atoms with E-state index in [-0.39, 0.29) is 5.57 Å². The molecule has 1 atom stereocenters. The van der Waals surface area contributed by atoms with E-state index in [0.717, 1.165) is 25.7 Å². The van der Waals surface area contributed by atoms with Gasteiger partial charge in [0.15, 0.2) is 0 Å². The standard InChI is InChI=1S/C10H16Cl2O2/c1-8(10(13)14)9(12)6-4-2-3-5-7-11/h9H,1-7H2,(H,13,14). The lowest BCUT2D eigenvalue weighted by Gasteiger charge is -2.08. The molecule has 0 aliphatic rings. The van der Waals surface area contributed by atoms with Crippen LogP contribution in [0, 0.1) is 0 Å². The van der Waals surface area contributed by atoms with E-state index in [0.29, 0.717) is 12.3 Å². The Morgan fingerprint density at radius 1 is 1.29 bits per heavy atom. The van der Waals surface area contributed by atoms with Gasteiger partial charge in [0, 0.05) is 11.5 Å². The number of hydrogen-bond acceptors (Lipinski definition) is 1. The molecule has 82 valence electrons. The molecule has 0 heterocycles. The van der Waals surface area contributed by atoms with Crippen LogP contribution < -0.4 is 0 Å². The van der Waals surface area contributed by atoms with E-state index in [9.17, 15) is 4.79 Å². The maximum atomic E-state index is 10.5. The molecule has 0 radical (unpaired) electrons. The molecule has 0 aromatic heterocycles. The van der Waals surface area contributed by atoms with E-state index in [4.69, 9.17) is 28.3 Å². The van der Waals surface area contributed by atoms with Gasteiger partial charge < -0.3 is 5.11 Å². The number of carbonyl (C=O) groups is 1. The molecule has 0 saturated carbocycles. The quantitative estimate of drug-likeness (QED) is 0.400. The van der Waals surface area contributed by atoms with Crippen LogP contribution in [-0.4, -0.2) is 22.3 Å². The SMILES string of the molecule is C=C(C(=O)O)C(Cl)CCCCCCCl. The Balaban J connectivity index is 3.49. The summed E-state index contributed by atoms with van der Waals surface area (Å²) in [5.41, 5.74) is 0.0870. The second-order valence-electron chi connectivity index (χ2n) is 3.19. The predicted octanol–water partition coefficient (Wildman–Crippen LogP) is 3.42. The van der Waals surface area contributed by atoms with Crippen molar-refractivity contribution in [1.82, 2.24) is 0 Å². The highest BCUT2D eigenvalue weighted by Crippen LogP contribution is 2.16. The average molecular weight is 239 g/mol. The number of carboxylic acids is 1. The van der Waals surface area contributed by atoms with Crippen LogP contribution in [0.15, 0.2) is 12.2 Å². The molecule has 0 fully saturated rings. The van der Waals surface area contributed by atoms with Gasteiger partial charge in [0.05, 0.1) is 5.38 Å². The maximum Gasteiger partial charge on any atom is 0.332 e. The Bertz CT molecular complexity index is 193. The Kier molecular flexibility index (Phi) is 8.01. The van der Waals surface area contributed by atoms with E-state index in [2.05, 4.69) is 6.58 Å². The minimum absolute atomic E-state index is 0.0870. The van der Waals surface area contributed by atoms with E-state index in [1.807, 2.05) is 0 Å². The van der Waals surface area contributed by atoms with Crippen LogP contribution in [0.25, 0.3) is 0 Å². The van der Waals surface area contributed by atoms with Gasteiger partial charge in [-0.25, -0.2) is 4.79 Å². The number of aliphatic carboxylic acids is 1. The molecule has 0 aliphatic heterocycles.